The number of rotatable bonds is 2. The summed E-state index contributed by atoms with van der Waals surface area (Å²) in [6.07, 6.45) is 4.95. The van der Waals surface area contributed by atoms with Crippen molar-refractivity contribution in [2.45, 2.75) is 19.3 Å². The van der Waals surface area contributed by atoms with E-state index in [0.717, 1.165) is 41.8 Å². The van der Waals surface area contributed by atoms with Gasteiger partial charge >= 0.3 is 0 Å². The fourth-order valence-electron chi connectivity index (χ4n) is 3.99. The molecule has 0 saturated carbocycles. The number of aromatic nitrogens is 3. The van der Waals surface area contributed by atoms with E-state index in [1.54, 1.807) is 0 Å². The van der Waals surface area contributed by atoms with Crippen molar-refractivity contribution in [3.63, 3.8) is 0 Å². The zero-order chi connectivity index (χ0) is 16.4. The Balaban J connectivity index is 1.50. The molecule has 0 amide bonds. The maximum atomic E-state index is 5.50. The van der Waals surface area contributed by atoms with Crippen LogP contribution >= 0.6 is 0 Å². The monoisotopic (exact) mass is 329 g/mol. The topological polar surface area (TPSA) is 60.0 Å². The Bertz CT molecular complexity index is 1160. The maximum Gasteiger partial charge on any atom is 0.231 e. The lowest BCUT2D eigenvalue weighted by atomic mass is 9.82. The SMILES string of the molecule is c1cc2c(cc1Cc1nc3ccc4[nH]ncc4c3c3c1CC3)OCO2. The smallest absolute Gasteiger partial charge is 0.231 e. The second-order valence-corrected chi connectivity index (χ2v) is 6.67. The molecule has 4 aromatic rings. The summed E-state index contributed by atoms with van der Waals surface area (Å²) in [5, 5.41) is 9.69. The number of H-pyrrole nitrogens is 1. The molecule has 0 bridgehead atoms. The molecule has 1 aliphatic heterocycles. The average molecular weight is 329 g/mol. The summed E-state index contributed by atoms with van der Waals surface area (Å²) in [6.45, 7) is 0.309. The number of nitrogens with zero attached hydrogens (tertiary/aromatic N) is 2. The Labute approximate surface area is 143 Å². The van der Waals surface area contributed by atoms with E-state index in [9.17, 15) is 0 Å². The van der Waals surface area contributed by atoms with Gasteiger partial charge in [-0.2, -0.15) is 5.10 Å². The molecule has 0 fully saturated rings. The molecular formula is C20H15N3O2. The van der Waals surface area contributed by atoms with E-state index in [1.165, 1.54) is 33.2 Å². The van der Waals surface area contributed by atoms with Crippen LogP contribution in [-0.4, -0.2) is 22.0 Å². The first-order chi connectivity index (χ1) is 12.4. The number of fused-ring (bicyclic) bond motifs is 6. The van der Waals surface area contributed by atoms with Crippen molar-refractivity contribution in [1.29, 1.82) is 0 Å². The molecule has 2 aliphatic rings. The summed E-state index contributed by atoms with van der Waals surface area (Å²) < 4.78 is 10.9. The van der Waals surface area contributed by atoms with E-state index >= 15 is 0 Å². The number of aryl methyl sites for hydroxylation is 1. The molecule has 3 heterocycles. The molecule has 122 valence electrons. The second kappa shape index (κ2) is 4.72. The van der Waals surface area contributed by atoms with E-state index < -0.39 is 0 Å². The molecule has 0 spiro atoms. The van der Waals surface area contributed by atoms with Crippen LogP contribution in [0, 0.1) is 0 Å². The standard InChI is InChI=1S/C20H15N3O2/c1-6-18-19(25-10-24-18)8-11(1)7-17-12-2-3-13(12)20-14-9-21-23-15(14)4-5-16(20)22-17/h1,4-6,8-9H,2-3,7,10H2,(H,21,23). The summed E-state index contributed by atoms with van der Waals surface area (Å²) in [7, 11) is 0. The molecule has 25 heavy (non-hydrogen) atoms. The Morgan fingerprint density at radius 2 is 1.92 bits per heavy atom. The molecule has 0 atom stereocenters. The molecule has 2 aromatic heterocycles. The Kier molecular flexibility index (Phi) is 2.50. The number of nitrogens with one attached hydrogen (secondary N) is 1. The average Bonchev–Trinajstić information content (AvgIpc) is 3.23. The maximum absolute atomic E-state index is 5.50. The largest absolute Gasteiger partial charge is 0.454 e. The third-order valence-corrected chi connectivity index (χ3v) is 5.31. The Morgan fingerprint density at radius 1 is 1.00 bits per heavy atom. The molecule has 6 rings (SSSR count). The fourth-order valence-corrected chi connectivity index (χ4v) is 3.99. The highest BCUT2D eigenvalue weighted by Crippen LogP contribution is 2.38. The van der Waals surface area contributed by atoms with Crippen molar-refractivity contribution < 1.29 is 9.47 Å². The van der Waals surface area contributed by atoms with Gasteiger partial charge < -0.3 is 9.47 Å². The van der Waals surface area contributed by atoms with Gasteiger partial charge in [0.2, 0.25) is 6.79 Å². The third kappa shape index (κ3) is 1.83. The van der Waals surface area contributed by atoms with Gasteiger partial charge in [-0.15, -0.1) is 0 Å². The van der Waals surface area contributed by atoms with Crippen molar-refractivity contribution in [3.05, 3.63) is 58.9 Å². The minimum Gasteiger partial charge on any atom is -0.454 e. The van der Waals surface area contributed by atoms with E-state index in [-0.39, 0.29) is 0 Å². The van der Waals surface area contributed by atoms with Crippen molar-refractivity contribution >= 4 is 21.8 Å². The molecule has 2 aromatic carbocycles. The third-order valence-electron chi connectivity index (χ3n) is 5.31. The summed E-state index contributed by atoms with van der Waals surface area (Å²) >= 11 is 0. The van der Waals surface area contributed by atoms with E-state index in [0.29, 0.717) is 6.79 Å². The van der Waals surface area contributed by atoms with Gasteiger partial charge in [-0.1, -0.05) is 6.07 Å². The zero-order valence-corrected chi connectivity index (χ0v) is 13.5. The van der Waals surface area contributed by atoms with Crippen LogP contribution in [0.25, 0.3) is 21.8 Å². The summed E-state index contributed by atoms with van der Waals surface area (Å²) in [6, 6.07) is 10.3. The van der Waals surface area contributed by atoms with Gasteiger partial charge in [0.15, 0.2) is 11.5 Å². The summed E-state index contributed by atoms with van der Waals surface area (Å²) in [4.78, 5) is 4.99. The number of hydrogen-bond acceptors (Lipinski definition) is 4. The van der Waals surface area contributed by atoms with Crippen LogP contribution < -0.4 is 9.47 Å². The first-order valence-corrected chi connectivity index (χ1v) is 8.52. The molecule has 0 saturated heterocycles. The Hall–Kier alpha value is -3.08. The van der Waals surface area contributed by atoms with Gasteiger partial charge in [0.25, 0.3) is 0 Å². The zero-order valence-electron chi connectivity index (χ0n) is 13.5. The van der Waals surface area contributed by atoms with Gasteiger partial charge in [0, 0.05) is 22.9 Å². The van der Waals surface area contributed by atoms with Crippen molar-refractivity contribution in [1.82, 2.24) is 15.2 Å². The minimum atomic E-state index is 0.309. The number of hydrogen-bond donors (Lipinski definition) is 1. The van der Waals surface area contributed by atoms with Gasteiger partial charge in [0.05, 0.1) is 17.2 Å². The van der Waals surface area contributed by atoms with Gasteiger partial charge in [-0.25, -0.2) is 0 Å². The second-order valence-electron chi connectivity index (χ2n) is 6.67. The van der Waals surface area contributed by atoms with Crippen molar-refractivity contribution in [3.8, 4) is 11.5 Å². The molecule has 1 N–H and O–H groups in total. The first-order valence-electron chi connectivity index (χ1n) is 8.52. The molecule has 1 aliphatic carbocycles. The van der Waals surface area contributed by atoms with Crippen molar-refractivity contribution in [2.24, 2.45) is 0 Å². The minimum absolute atomic E-state index is 0.309. The van der Waals surface area contributed by atoms with E-state index in [1.807, 2.05) is 12.3 Å². The highest BCUT2D eigenvalue weighted by molar-refractivity contribution is 6.07. The van der Waals surface area contributed by atoms with E-state index in [2.05, 4.69) is 34.5 Å². The lowest BCUT2D eigenvalue weighted by molar-refractivity contribution is 0.174. The quantitative estimate of drug-likeness (QED) is 0.611. The van der Waals surface area contributed by atoms with Crippen LogP contribution in [0.1, 0.15) is 22.4 Å². The molecule has 5 nitrogen and oxygen atoms in total. The van der Waals surface area contributed by atoms with Crippen LogP contribution in [0.2, 0.25) is 0 Å². The highest BCUT2D eigenvalue weighted by Gasteiger charge is 2.24. The van der Waals surface area contributed by atoms with E-state index in [4.69, 9.17) is 14.5 Å². The van der Waals surface area contributed by atoms with Crippen LogP contribution in [0.4, 0.5) is 0 Å². The predicted molar refractivity (Wildman–Crippen MR) is 94.2 cm³/mol. The van der Waals surface area contributed by atoms with Crippen LogP contribution in [0.3, 0.4) is 0 Å². The molecule has 5 heteroatoms. The van der Waals surface area contributed by atoms with Crippen LogP contribution in [-0.2, 0) is 19.3 Å². The number of pyridine rings is 1. The first kappa shape index (κ1) is 13.2. The van der Waals surface area contributed by atoms with Gasteiger partial charge in [-0.05, 0) is 53.8 Å². The predicted octanol–water partition coefficient (Wildman–Crippen LogP) is 3.53. The Morgan fingerprint density at radius 3 is 2.84 bits per heavy atom. The number of aromatic amines is 1. The van der Waals surface area contributed by atoms with Crippen molar-refractivity contribution in [2.75, 3.05) is 6.79 Å². The fraction of sp³-hybridized carbons (Fsp3) is 0.200. The van der Waals surface area contributed by atoms with Gasteiger partial charge in [-0.3, -0.25) is 10.1 Å². The highest BCUT2D eigenvalue weighted by atomic mass is 16.7. The van der Waals surface area contributed by atoms with Crippen LogP contribution in [0.15, 0.2) is 36.5 Å². The summed E-state index contributed by atoms with van der Waals surface area (Å²) in [5.74, 6) is 1.66. The number of benzene rings is 2. The molecule has 0 unspecified atom stereocenters. The lowest BCUT2D eigenvalue weighted by Gasteiger charge is -2.24. The molecule has 0 radical (unpaired) electrons. The number of ether oxygens (including phenoxy) is 2. The van der Waals surface area contributed by atoms with Gasteiger partial charge in [0.1, 0.15) is 0 Å². The lowest BCUT2D eigenvalue weighted by Crippen LogP contribution is -2.15. The molecular weight excluding hydrogens is 314 g/mol. The van der Waals surface area contributed by atoms with Crippen LogP contribution in [0.5, 0.6) is 11.5 Å². The summed E-state index contributed by atoms with van der Waals surface area (Å²) in [5.41, 5.74) is 7.35. The normalized spacial score (nSPS) is 14.7.